The maximum Gasteiger partial charge on any atom is 0.313 e. The fourth-order valence-electron chi connectivity index (χ4n) is 1.69. The first kappa shape index (κ1) is 11.8. The number of carbonyl (C=O) groups is 1. The van der Waals surface area contributed by atoms with Gasteiger partial charge in [0.05, 0.1) is 0 Å². The lowest BCUT2D eigenvalue weighted by Crippen LogP contribution is -2.41. The third-order valence-corrected chi connectivity index (χ3v) is 2.62. The van der Waals surface area contributed by atoms with E-state index < -0.39 is 17.5 Å². The van der Waals surface area contributed by atoms with Gasteiger partial charge in [0.1, 0.15) is 17.3 Å². The molecule has 1 aliphatic rings. The molecule has 15 heavy (non-hydrogen) atoms. The Labute approximate surface area is 88.5 Å². The zero-order valence-electron chi connectivity index (χ0n) is 8.68. The Morgan fingerprint density at radius 2 is 2.27 bits per heavy atom. The number of aliphatic carboxylic acids is 1. The minimum Gasteiger partial charge on any atom is -0.508 e. The van der Waals surface area contributed by atoms with Crippen molar-refractivity contribution in [2.45, 2.75) is 31.8 Å². The van der Waals surface area contributed by atoms with Gasteiger partial charge in [-0.3, -0.25) is 4.79 Å². The van der Waals surface area contributed by atoms with Crippen LogP contribution in [-0.2, 0) is 4.79 Å². The molecule has 3 N–H and O–H groups in total. The van der Waals surface area contributed by atoms with Crippen molar-refractivity contribution in [2.24, 2.45) is 5.92 Å². The molecule has 0 aromatic rings. The van der Waals surface area contributed by atoms with E-state index in [1.165, 1.54) is 18.2 Å². The molecule has 0 aromatic carbocycles. The molecule has 1 rings (SSSR count). The van der Waals surface area contributed by atoms with Crippen LogP contribution in [0.25, 0.3) is 0 Å². The summed E-state index contributed by atoms with van der Waals surface area (Å²) in [5.74, 6) is -2.29. The molecule has 0 spiro atoms. The average molecular weight is 212 g/mol. The molecule has 2 unspecified atom stereocenters. The summed E-state index contributed by atoms with van der Waals surface area (Å²) in [5, 5.41) is 28.3. The SMILES string of the molecule is CCCCC1(O)C=CC(O)=CC1C(=O)O. The van der Waals surface area contributed by atoms with Gasteiger partial charge >= 0.3 is 5.97 Å². The van der Waals surface area contributed by atoms with E-state index in [1.54, 1.807) is 0 Å². The summed E-state index contributed by atoms with van der Waals surface area (Å²) in [5.41, 5.74) is -1.37. The van der Waals surface area contributed by atoms with Crippen molar-refractivity contribution in [3.05, 3.63) is 24.0 Å². The highest BCUT2D eigenvalue weighted by Gasteiger charge is 2.39. The molecular formula is C11H16O4. The Morgan fingerprint density at radius 1 is 1.60 bits per heavy atom. The summed E-state index contributed by atoms with van der Waals surface area (Å²) >= 11 is 0. The van der Waals surface area contributed by atoms with Gasteiger partial charge < -0.3 is 15.3 Å². The van der Waals surface area contributed by atoms with Gasteiger partial charge in [-0.1, -0.05) is 19.8 Å². The van der Waals surface area contributed by atoms with E-state index in [-0.39, 0.29) is 5.76 Å². The largest absolute Gasteiger partial charge is 0.508 e. The van der Waals surface area contributed by atoms with Gasteiger partial charge in [0.25, 0.3) is 0 Å². The smallest absolute Gasteiger partial charge is 0.313 e. The number of carboxylic acid groups (broad SMARTS) is 1. The molecule has 1 aliphatic carbocycles. The molecule has 0 aromatic heterocycles. The number of hydrogen-bond donors (Lipinski definition) is 3. The highest BCUT2D eigenvalue weighted by Crippen LogP contribution is 2.31. The van der Waals surface area contributed by atoms with E-state index in [2.05, 4.69) is 0 Å². The summed E-state index contributed by atoms with van der Waals surface area (Å²) in [6.45, 7) is 1.97. The summed E-state index contributed by atoms with van der Waals surface area (Å²) in [6.07, 6.45) is 5.92. The molecule has 84 valence electrons. The molecule has 0 fully saturated rings. The third-order valence-electron chi connectivity index (χ3n) is 2.62. The van der Waals surface area contributed by atoms with Crippen LogP contribution in [0.3, 0.4) is 0 Å². The molecule has 0 amide bonds. The quantitative estimate of drug-likeness (QED) is 0.661. The molecule has 0 heterocycles. The minimum atomic E-state index is -1.37. The fourth-order valence-corrected chi connectivity index (χ4v) is 1.69. The summed E-state index contributed by atoms with van der Waals surface area (Å²) < 4.78 is 0. The number of hydrogen-bond acceptors (Lipinski definition) is 3. The second kappa shape index (κ2) is 4.49. The van der Waals surface area contributed by atoms with Gasteiger partial charge in [0, 0.05) is 0 Å². The second-order valence-corrected chi connectivity index (χ2v) is 3.84. The van der Waals surface area contributed by atoms with Crippen LogP contribution in [0.2, 0.25) is 0 Å². The van der Waals surface area contributed by atoms with E-state index in [4.69, 9.17) is 5.11 Å². The summed E-state index contributed by atoms with van der Waals surface area (Å²) in [4.78, 5) is 10.9. The lowest BCUT2D eigenvalue weighted by molar-refractivity contribution is -0.146. The van der Waals surface area contributed by atoms with Gasteiger partial charge in [-0.15, -0.1) is 0 Å². The number of rotatable bonds is 4. The van der Waals surface area contributed by atoms with Crippen LogP contribution < -0.4 is 0 Å². The lowest BCUT2D eigenvalue weighted by atomic mass is 9.80. The van der Waals surface area contributed by atoms with Crippen LogP contribution >= 0.6 is 0 Å². The Hall–Kier alpha value is -1.29. The van der Waals surface area contributed by atoms with Gasteiger partial charge in [-0.2, -0.15) is 0 Å². The first-order valence-corrected chi connectivity index (χ1v) is 5.05. The van der Waals surface area contributed by atoms with Crippen molar-refractivity contribution in [1.29, 1.82) is 0 Å². The monoisotopic (exact) mass is 212 g/mol. The van der Waals surface area contributed by atoms with Gasteiger partial charge in [-0.05, 0) is 24.6 Å². The van der Waals surface area contributed by atoms with E-state index >= 15 is 0 Å². The van der Waals surface area contributed by atoms with Crippen molar-refractivity contribution in [1.82, 2.24) is 0 Å². The molecule has 0 aliphatic heterocycles. The standard InChI is InChI=1S/C11H16O4/c1-2-3-5-11(15)6-4-8(12)7-9(11)10(13)14/h4,6-7,9,12,15H,2-3,5H2,1H3,(H,13,14). The van der Waals surface area contributed by atoms with Crippen LogP contribution in [0.4, 0.5) is 0 Å². The van der Waals surface area contributed by atoms with Crippen LogP contribution in [0.5, 0.6) is 0 Å². The minimum absolute atomic E-state index is 0.108. The Morgan fingerprint density at radius 3 is 2.80 bits per heavy atom. The zero-order chi connectivity index (χ0) is 11.5. The fraction of sp³-hybridized carbons (Fsp3) is 0.545. The number of carboxylic acids is 1. The molecule has 4 heteroatoms. The first-order valence-electron chi connectivity index (χ1n) is 5.05. The van der Waals surface area contributed by atoms with E-state index in [0.29, 0.717) is 6.42 Å². The van der Waals surface area contributed by atoms with Crippen molar-refractivity contribution < 1.29 is 20.1 Å². The highest BCUT2D eigenvalue weighted by molar-refractivity contribution is 5.75. The molecule has 0 bridgehead atoms. The number of allylic oxidation sites excluding steroid dienone is 1. The van der Waals surface area contributed by atoms with Crippen LogP contribution in [0.15, 0.2) is 24.0 Å². The summed E-state index contributed by atoms with van der Waals surface area (Å²) in [7, 11) is 0. The molecule has 0 saturated carbocycles. The number of aliphatic hydroxyl groups excluding tert-OH is 1. The second-order valence-electron chi connectivity index (χ2n) is 3.84. The first-order chi connectivity index (χ1) is 6.99. The van der Waals surface area contributed by atoms with E-state index in [1.807, 2.05) is 6.92 Å². The maximum absolute atomic E-state index is 10.9. The normalized spacial score (nSPS) is 30.0. The van der Waals surface area contributed by atoms with Crippen molar-refractivity contribution in [2.75, 3.05) is 0 Å². The van der Waals surface area contributed by atoms with Crippen LogP contribution in [0, 0.1) is 5.92 Å². The molecule has 2 atom stereocenters. The molecule has 4 nitrogen and oxygen atoms in total. The predicted octanol–water partition coefficient (Wildman–Crippen LogP) is 1.62. The van der Waals surface area contributed by atoms with Gasteiger partial charge in [0.2, 0.25) is 0 Å². The maximum atomic E-state index is 10.9. The van der Waals surface area contributed by atoms with E-state index in [0.717, 1.165) is 12.8 Å². The average Bonchev–Trinajstić information content (AvgIpc) is 2.19. The Kier molecular flexibility index (Phi) is 3.52. The topological polar surface area (TPSA) is 77.8 Å². The van der Waals surface area contributed by atoms with Crippen LogP contribution in [0.1, 0.15) is 26.2 Å². The van der Waals surface area contributed by atoms with E-state index in [9.17, 15) is 15.0 Å². The third kappa shape index (κ3) is 2.59. The Bertz CT molecular complexity index is 306. The van der Waals surface area contributed by atoms with Crippen LogP contribution in [-0.4, -0.2) is 26.9 Å². The lowest BCUT2D eigenvalue weighted by Gasteiger charge is -2.31. The highest BCUT2D eigenvalue weighted by atomic mass is 16.4. The predicted molar refractivity (Wildman–Crippen MR) is 55.5 cm³/mol. The zero-order valence-corrected chi connectivity index (χ0v) is 8.68. The Balaban J connectivity index is 2.87. The van der Waals surface area contributed by atoms with Crippen molar-refractivity contribution in [3.8, 4) is 0 Å². The van der Waals surface area contributed by atoms with Crippen molar-refractivity contribution in [3.63, 3.8) is 0 Å². The van der Waals surface area contributed by atoms with Crippen molar-refractivity contribution >= 4 is 5.97 Å². The number of aliphatic hydroxyl groups is 2. The summed E-state index contributed by atoms with van der Waals surface area (Å²) in [6, 6.07) is 0. The molecular weight excluding hydrogens is 196 g/mol. The molecule has 0 radical (unpaired) electrons. The van der Waals surface area contributed by atoms with Gasteiger partial charge in [0.15, 0.2) is 0 Å². The number of unbranched alkanes of at least 4 members (excludes halogenated alkanes) is 1. The van der Waals surface area contributed by atoms with Gasteiger partial charge in [-0.25, -0.2) is 0 Å². The molecule has 0 saturated heterocycles.